The first-order valence-corrected chi connectivity index (χ1v) is 8.07. The maximum atomic E-state index is 12.7. The van der Waals surface area contributed by atoms with Gasteiger partial charge < -0.3 is 9.30 Å². The van der Waals surface area contributed by atoms with Gasteiger partial charge in [0.15, 0.2) is 0 Å². The Morgan fingerprint density at radius 3 is 2.86 bits per heavy atom. The van der Waals surface area contributed by atoms with E-state index in [4.69, 9.17) is 16.3 Å². The van der Waals surface area contributed by atoms with Crippen LogP contribution >= 0.6 is 11.6 Å². The first-order valence-electron chi connectivity index (χ1n) is 7.69. The summed E-state index contributed by atoms with van der Waals surface area (Å²) < 4.78 is 7.52. The first-order chi connectivity index (χ1) is 10.1. The predicted octanol–water partition coefficient (Wildman–Crippen LogP) is 2.21. The number of pyridine rings is 1. The van der Waals surface area contributed by atoms with Crippen LogP contribution < -0.4 is 5.56 Å². The van der Waals surface area contributed by atoms with Gasteiger partial charge in [0.2, 0.25) is 5.24 Å². The lowest BCUT2D eigenvalue weighted by Crippen LogP contribution is -2.33. The number of carbonyl (C=O) groups is 1. The summed E-state index contributed by atoms with van der Waals surface area (Å²) in [6, 6.07) is 1.89. The summed E-state index contributed by atoms with van der Waals surface area (Å²) in [6.45, 7) is 1.38. The molecule has 1 fully saturated rings. The number of hydrogen-bond acceptors (Lipinski definition) is 3. The summed E-state index contributed by atoms with van der Waals surface area (Å²) in [7, 11) is 0. The number of fused-ring (bicyclic) bond motifs is 1. The summed E-state index contributed by atoms with van der Waals surface area (Å²) in [5.41, 5.74) is 2.79. The second-order valence-electron chi connectivity index (χ2n) is 5.93. The average molecular weight is 310 g/mol. The van der Waals surface area contributed by atoms with Crippen molar-refractivity contribution in [1.82, 2.24) is 4.57 Å². The smallest absolute Gasteiger partial charge is 0.254 e. The molecule has 4 nitrogen and oxygen atoms in total. The van der Waals surface area contributed by atoms with Crippen LogP contribution in [0.15, 0.2) is 10.9 Å². The van der Waals surface area contributed by atoms with Crippen LogP contribution in [-0.4, -0.2) is 22.5 Å². The van der Waals surface area contributed by atoms with Gasteiger partial charge in [0.05, 0.1) is 19.1 Å². The fraction of sp³-hybridized carbons (Fsp3) is 0.625. The van der Waals surface area contributed by atoms with Crippen molar-refractivity contribution in [2.24, 2.45) is 0 Å². The van der Waals surface area contributed by atoms with E-state index in [1.54, 1.807) is 0 Å². The summed E-state index contributed by atoms with van der Waals surface area (Å²) in [6.07, 6.45) is 6.36. The largest absolute Gasteiger partial charge is 0.376 e. The SMILES string of the molecule is O=C(Cl)Cc1cc2c(n(CC3CCCO3)c1=O)CCCC2. The van der Waals surface area contributed by atoms with Gasteiger partial charge >= 0.3 is 0 Å². The third-order valence-corrected chi connectivity index (χ3v) is 4.55. The molecule has 0 saturated carbocycles. The Balaban J connectivity index is 2.01. The predicted molar refractivity (Wildman–Crippen MR) is 80.9 cm³/mol. The van der Waals surface area contributed by atoms with Crippen LogP contribution in [0, 0.1) is 0 Å². The number of carbonyl (C=O) groups excluding carboxylic acids is 1. The Kier molecular flexibility index (Phi) is 4.45. The minimum absolute atomic E-state index is 0.0131. The highest BCUT2D eigenvalue weighted by atomic mass is 35.5. The Morgan fingerprint density at radius 1 is 1.33 bits per heavy atom. The molecule has 1 aliphatic heterocycles. The summed E-state index contributed by atoms with van der Waals surface area (Å²) in [4.78, 5) is 23.8. The molecule has 2 aliphatic rings. The van der Waals surface area contributed by atoms with Gasteiger partial charge in [-0.2, -0.15) is 0 Å². The van der Waals surface area contributed by atoms with E-state index in [1.165, 1.54) is 5.56 Å². The maximum absolute atomic E-state index is 12.7. The van der Waals surface area contributed by atoms with Crippen molar-refractivity contribution in [2.75, 3.05) is 6.61 Å². The molecule has 1 saturated heterocycles. The number of ether oxygens (including phenoxy) is 1. The van der Waals surface area contributed by atoms with Crippen LogP contribution in [0.2, 0.25) is 0 Å². The lowest BCUT2D eigenvalue weighted by Gasteiger charge is -2.24. The van der Waals surface area contributed by atoms with Crippen molar-refractivity contribution in [1.29, 1.82) is 0 Å². The van der Waals surface area contributed by atoms with Gasteiger partial charge in [-0.15, -0.1) is 0 Å². The van der Waals surface area contributed by atoms with Crippen molar-refractivity contribution in [3.05, 3.63) is 33.2 Å². The minimum Gasteiger partial charge on any atom is -0.376 e. The lowest BCUT2D eigenvalue weighted by atomic mass is 9.93. The lowest BCUT2D eigenvalue weighted by molar-refractivity contribution is -0.111. The second-order valence-corrected chi connectivity index (χ2v) is 6.35. The van der Waals surface area contributed by atoms with Crippen molar-refractivity contribution in [3.63, 3.8) is 0 Å². The molecule has 114 valence electrons. The zero-order chi connectivity index (χ0) is 14.8. The molecule has 1 atom stereocenters. The summed E-state index contributed by atoms with van der Waals surface area (Å²) in [5, 5.41) is -0.480. The van der Waals surface area contributed by atoms with Gasteiger partial charge in [-0.1, -0.05) is 0 Å². The minimum atomic E-state index is -0.480. The van der Waals surface area contributed by atoms with E-state index in [9.17, 15) is 9.59 Å². The van der Waals surface area contributed by atoms with Gasteiger partial charge in [0.1, 0.15) is 0 Å². The molecule has 0 spiro atoms. The Labute approximate surface area is 129 Å². The van der Waals surface area contributed by atoms with Crippen LogP contribution in [0.4, 0.5) is 0 Å². The average Bonchev–Trinajstić information content (AvgIpc) is 2.96. The quantitative estimate of drug-likeness (QED) is 0.801. The molecule has 0 radical (unpaired) electrons. The van der Waals surface area contributed by atoms with Gasteiger partial charge in [-0.25, -0.2) is 0 Å². The van der Waals surface area contributed by atoms with E-state index in [2.05, 4.69) is 0 Å². The van der Waals surface area contributed by atoms with Crippen LogP contribution in [0.3, 0.4) is 0 Å². The molecule has 2 heterocycles. The van der Waals surface area contributed by atoms with Gasteiger partial charge in [-0.05, 0) is 61.8 Å². The molecule has 0 amide bonds. The highest BCUT2D eigenvalue weighted by Crippen LogP contribution is 2.23. The molecule has 0 aromatic carbocycles. The van der Waals surface area contributed by atoms with Gasteiger partial charge in [0, 0.05) is 17.9 Å². The van der Waals surface area contributed by atoms with Crippen LogP contribution in [0.5, 0.6) is 0 Å². The number of hydrogen-bond donors (Lipinski definition) is 0. The Morgan fingerprint density at radius 2 is 2.14 bits per heavy atom. The second kappa shape index (κ2) is 6.32. The molecule has 1 aromatic heterocycles. The monoisotopic (exact) mass is 309 g/mol. The van der Waals surface area contributed by atoms with Crippen molar-refractivity contribution < 1.29 is 9.53 Å². The van der Waals surface area contributed by atoms with E-state index in [1.807, 2.05) is 10.6 Å². The number of aromatic nitrogens is 1. The fourth-order valence-corrected chi connectivity index (χ4v) is 3.55. The highest BCUT2D eigenvalue weighted by molar-refractivity contribution is 6.63. The topological polar surface area (TPSA) is 48.3 Å². The van der Waals surface area contributed by atoms with Crippen molar-refractivity contribution in [2.45, 2.75) is 57.6 Å². The molecule has 3 rings (SSSR count). The highest BCUT2D eigenvalue weighted by Gasteiger charge is 2.22. The van der Waals surface area contributed by atoms with E-state index in [0.29, 0.717) is 12.1 Å². The van der Waals surface area contributed by atoms with E-state index >= 15 is 0 Å². The van der Waals surface area contributed by atoms with Crippen molar-refractivity contribution >= 4 is 16.8 Å². The molecule has 21 heavy (non-hydrogen) atoms. The van der Waals surface area contributed by atoms with Crippen LogP contribution in [-0.2, 0) is 35.3 Å². The number of nitrogens with zero attached hydrogens (tertiary/aromatic N) is 1. The maximum Gasteiger partial charge on any atom is 0.254 e. The van der Waals surface area contributed by atoms with Crippen molar-refractivity contribution in [3.8, 4) is 0 Å². The molecular weight excluding hydrogens is 290 g/mol. The first kappa shape index (κ1) is 14.8. The third-order valence-electron chi connectivity index (χ3n) is 4.41. The van der Waals surface area contributed by atoms with Crippen LogP contribution in [0.25, 0.3) is 0 Å². The summed E-state index contributed by atoms with van der Waals surface area (Å²) >= 11 is 5.48. The van der Waals surface area contributed by atoms with Gasteiger partial charge in [-0.3, -0.25) is 9.59 Å². The number of halogens is 1. The number of rotatable bonds is 4. The molecule has 1 aliphatic carbocycles. The molecule has 1 unspecified atom stereocenters. The standard InChI is InChI=1S/C16H20ClNO3/c17-15(19)9-12-8-11-4-1-2-6-14(11)18(16(12)20)10-13-5-3-7-21-13/h8,13H,1-7,9-10H2. The molecular formula is C16H20ClNO3. The zero-order valence-electron chi connectivity index (χ0n) is 12.1. The molecule has 0 bridgehead atoms. The fourth-order valence-electron chi connectivity index (χ4n) is 3.41. The number of aryl methyl sites for hydroxylation is 1. The molecule has 0 N–H and O–H groups in total. The third kappa shape index (κ3) is 3.22. The van der Waals surface area contributed by atoms with E-state index in [-0.39, 0.29) is 18.1 Å². The Hall–Kier alpha value is -1.13. The van der Waals surface area contributed by atoms with E-state index < -0.39 is 5.24 Å². The molecule has 1 aromatic rings. The summed E-state index contributed by atoms with van der Waals surface area (Å²) in [5.74, 6) is 0. The Bertz CT molecular complexity index is 602. The van der Waals surface area contributed by atoms with E-state index in [0.717, 1.165) is 50.8 Å². The van der Waals surface area contributed by atoms with Crippen LogP contribution in [0.1, 0.15) is 42.5 Å². The zero-order valence-corrected chi connectivity index (χ0v) is 12.8. The normalized spacial score (nSPS) is 21.3. The molecule has 5 heteroatoms. The van der Waals surface area contributed by atoms with Gasteiger partial charge in [0.25, 0.3) is 5.56 Å².